The van der Waals surface area contributed by atoms with Gasteiger partial charge >= 0.3 is 0 Å². The van der Waals surface area contributed by atoms with Crippen LogP contribution in [0.1, 0.15) is 42.5 Å². The Balaban J connectivity index is 1.83. The van der Waals surface area contributed by atoms with Gasteiger partial charge in [-0.2, -0.15) is 0 Å². The van der Waals surface area contributed by atoms with E-state index in [4.69, 9.17) is 0 Å². The maximum atomic E-state index is 12.3. The van der Waals surface area contributed by atoms with Gasteiger partial charge in [0.2, 0.25) is 10.0 Å². The third-order valence-electron chi connectivity index (χ3n) is 4.46. The summed E-state index contributed by atoms with van der Waals surface area (Å²) in [7, 11) is -3.63. The number of carbonyl (C=O) groups is 1. The number of likely N-dealkylation sites (tertiary alicyclic amines) is 1. The molecule has 0 unspecified atom stereocenters. The summed E-state index contributed by atoms with van der Waals surface area (Å²) in [6.07, 6.45) is 7.51. The average Bonchev–Trinajstić information content (AvgIpc) is 2.92. The first-order valence-corrected chi connectivity index (χ1v) is 10.7. The van der Waals surface area contributed by atoms with E-state index < -0.39 is 10.0 Å². The number of nitrogens with one attached hydrogen (secondary N) is 2. The average molecular weight is 380 g/mol. The van der Waals surface area contributed by atoms with E-state index in [2.05, 4.69) is 21.5 Å². The van der Waals surface area contributed by atoms with Gasteiger partial charge in [-0.1, -0.05) is 25.0 Å². The Kier molecular flexibility index (Phi) is 8.28. The molecular formula is C19H29N3O3S. The molecule has 144 valence electrons. The molecule has 0 aromatic heterocycles. The summed E-state index contributed by atoms with van der Waals surface area (Å²) in [4.78, 5) is 14.8. The number of nitrogens with zero attached hydrogens (tertiary/aromatic N) is 1. The van der Waals surface area contributed by atoms with Crippen molar-refractivity contribution in [3.8, 4) is 0 Å². The molecule has 26 heavy (non-hydrogen) atoms. The molecule has 0 spiro atoms. The molecule has 1 fully saturated rings. The Morgan fingerprint density at radius 1 is 1.19 bits per heavy atom. The SMILES string of the molecule is C=CCNS(=O)(=O)c1cccc(C(=O)NCCCN2CCCCCC2)c1. The van der Waals surface area contributed by atoms with E-state index in [-0.39, 0.29) is 17.3 Å². The Labute approximate surface area is 156 Å². The first kappa shape index (κ1) is 20.6. The Morgan fingerprint density at radius 3 is 2.62 bits per heavy atom. The molecule has 2 N–H and O–H groups in total. The van der Waals surface area contributed by atoms with Crippen LogP contribution in [0.25, 0.3) is 0 Å². The molecule has 1 amide bonds. The Hall–Kier alpha value is -1.70. The zero-order valence-corrected chi connectivity index (χ0v) is 16.1. The minimum atomic E-state index is -3.63. The van der Waals surface area contributed by atoms with Crippen LogP contribution in [-0.2, 0) is 10.0 Å². The molecule has 1 aliphatic heterocycles. The minimum absolute atomic E-state index is 0.0802. The van der Waals surface area contributed by atoms with Crippen LogP contribution in [0, 0.1) is 0 Å². The smallest absolute Gasteiger partial charge is 0.251 e. The van der Waals surface area contributed by atoms with Gasteiger partial charge in [0.05, 0.1) is 4.90 Å². The van der Waals surface area contributed by atoms with Gasteiger partial charge in [-0.05, 0) is 57.1 Å². The highest BCUT2D eigenvalue weighted by Crippen LogP contribution is 2.12. The molecule has 1 aromatic carbocycles. The van der Waals surface area contributed by atoms with Crippen molar-refractivity contribution in [2.45, 2.75) is 37.0 Å². The van der Waals surface area contributed by atoms with Gasteiger partial charge in [0, 0.05) is 18.7 Å². The lowest BCUT2D eigenvalue weighted by molar-refractivity contribution is 0.0951. The van der Waals surface area contributed by atoms with E-state index in [9.17, 15) is 13.2 Å². The summed E-state index contributed by atoms with van der Waals surface area (Å²) in [5, 5.41) is 2.88. The minimum Gasteiger partial charge on any atom is -0.352 e. The van der Waals surface area contributed by atoms with Gasteiger partial charge in [-0.3, -0.25) is 4.79 Å². The van der Waals surface area contributed by atoms with Crippen molar-refractivity contribution in [2.75, 3.05) is 32.7 Å². The number of hydrogen-bond donors (Lipinski definition) is 2. The first-order valence-electron chi connectivity index (χ1n) is 9.24. The van der Waals surface area contributed by atoms with Crippen molar-refractivity contribution in [3.63, 3.8) is 0 Å². The summed E-state index contributed by atoms with van der Waals surface area (Å²) in [5.74, 6) is -0.248. The molecule has 0 atom stereocenters. The van der Waals surface area contributed by atoms with E-state index in [1.807, 2.05) is 0 Å². The lowest BCUT2D eigenvalue weighted by atomic mass is 10.2. The zero-order chi connectivity index (χ0) is 18.8. The highest BCUT2D eigenvalue weighted by Gasteiger charge is 2.15. The second-order valence-corrected chi connectivity index (χ2v) is 8.30. The van der Waals surface area contributed by atoms with E-state index >= 15 is 0 Å². The zero-order valence-electron chi connectivity index (χ0n) is 15.2. The summed E-state index contributed by atoms with van der Waals surface area (Å²) in [6, 6.07) is 6.07. The summed E-state index contributed by atoms with van der Waals surface area (Å²) >= 11 is 0. The molecule has 0 saturated carbocycles. The second-order valence-electron chi connectivity index (χ2n) is 6.53. The van der Waals surface area contributed by atoms with Crippen LogP contribution in [0.4, 0.5) is 0 Å². The molecule has 0 radical (unpaired) electrons. The van der Waals surface area contributed by atoms with Crippen molar-refractivity contribution in [1.29, 1.82) is 0 Å². The van der Waals surface area contributed by atoms with Crippen molar-refractivity contribution >= 4 is 15.9 Å². The van der Waals surface area contributed by atoms with Gasteiger partial charge in [0.15, 0.2) is 0 Å². The molecule has 2 rings (SSSR count). The quantitative estimate of drug-likeness (QED) is 0.509. The van der Waals surface area contributed by atoms with E-state index in [0.717, 1.165) is 26.1 Å². The van der Waals surface area contributed by atoms with Crippen molar-refractivity contribution in [3.05, 3.63) is 42.5 Å². The summed E-state index contributed by atoms with van der Waals surface area (Å²) < 4.78 is 26.7. The maximum absolute atomic E-state index is 12.3. The van der Waals surface area contributed by atoms with Gasteiger partial charge in [-0.25, -0.2) is 13.1 Å². The van der Waals surface area contributed by atoms with Crippen LogP contribution in [0.2, 0.25) is 0 Å². The maximum Gasteiger partial charge on any atom is 0.251 e. The second kappa shape index (κ2) is 10.4. The van der Waals surface area contributed by atoms with E-state index in [1.165, 1.54) is 43.9 Å². The molecule has 1 saturated heterocycles. The van der Waals surface area contributed by atoms with Crippen molar-refractivity contribution < 1.29 is 13.2 Å². The number of rotatable bonds is 9. The predicted octanol–water partition coefficient (Wildman–Crippen LogP) is 2.15. The molecule has 0 bridgehead atoms. The van der Waals surface area contributed by atoms with Crippen molar-refractivity contribution in [2.24, 2.45) is 0 Å². The monoisotopic (exact) mass is 379 g/mol. The summed E-state index contributed by atoms with van der Waals surface area (Å²) in [6.45, 7) is 7.50. The van der Waals surface area contributed by atoms with Gasteiger partial charge < -0.3 is 10.2 Å². The van der Waals surface area contributed by atoms with Gasteiger partial charge in [0.25, 0.3) is 5.91 Å². The molecule has 0 aliphatic carbocycles. The largest absolute Gasteiger partial charge is 0.352 e. The molecular weight excluding hydrogens is 350 g/mol. The number of hydrogen-bond acceptors (Lipinski definition) is 4. The van der Waals surface area contributed by atoms with E-state index in [1.54, 1.807) is 12.1 Å². The fraction of sp³-hybridized carbons (Fsp3) is 0.526. The molecule has 1 aromatic rings. The Morgan fingerprint density at radius 2 is 1.92 bits per heavy atom. The third kappa shape index (κ3) is 6.55. The van der Waals surface area contributed by atoms with Crippen LogP contribution in [0.3, 0.4) is 0 Å². The van der Waals surface area contributed by atoms with Gasteiger partial charge in [0.1, 0.15) is 0 Å². The van der Waals surface area contributed by atoms with Crippen LogP contribution in [-0.4, -0.2) is 51.9 Å². The fourth-order valence-corrected chi connectivity index (χ4v) is 4.07. The normalized spacial score (nSPS) is 16.0. The van der Waals surface area contributed by atoms with Crippen molar-refractivity contribution in [1.82, 2.24) is 14.9 Å². The Bertz CT molecular complexity index is 696. The topological polar surface area (TPSA) is 78.5 Å². The third-order valence-corrected chi connectivity index (χ3v) is 5.88. The highest BCUT2D eigenvalue weighted by atomic mass is 32.2. The molecule has 1 heterocycles. The lowest BCUT2D eigenvalue weighted by Crippen LogP contribution is -2.30. The number of amides is 1. The summed E-state index contributed by atoms with van der Waals surface area (Å²) in [5.41, 5.74) is 0.348. The highest BCUT2D eigenvalue weighted by molar-refractivity contribution is 7.89. The molecule has 6 nitrogen and oxygen atoms in total. The van der Waals surface area contributed by atoms with Gasteiger partial charge in [-0.15, -0.1) is 6.58 Å². The van der Waals surface area contributed by atoms with Crippen LogP contribution in [0.5, 0.6) is 0 Å². The standard InChI is InChI=1S/C19H29N3O3S/c1-2-11-21-26(24,25)18-10-7-9-17(16-18)19(23)20-12-8-15-22-13-5-3-4-6-14-22/h2,7,9-10,16,21H,1,3-6,8,11-15H2,(H,20,23). The first-order chi connectivity index (χ1) is 12.5. The van der Waals surface area contributed by atoms with Crippen LogP contribution < -0.4 is 10.0 Å². The fourth-order valence-electron chi connectivity index (χ4n) is 3.02. The number of sulfonamides is 1. The molecule has 1 aliphatic rings. The molecule has 7 heteroatoms. The van der Waals surface area contributed by atoms with Crippen LogP contribution >= 0.6 is 0 Å². The number of benzene rings is 1. The predicted molar refractivity (Wildman–Crippen MR) is 104 cm³/mol. The van der Waals surface area contributed by atoms with E-state index in [0.29, 0.717) is 12.1 Å². The van der Waals surface area contributed by atoms with Crippen LogP contribution in [0.15, 0.2) is 41.8 Å². The number of carbonyl (C=O) groups excluding carboxylic acids is 1. The lowest BCUT2D eigenvalue weighted by Gasteiger charge is -2.19.